The van der Waals surface area contributed by atoms with Gasteiger partial charge < -0.3 is 5.32 Å². The molecule has 0 aliphatic carbocycles. The van der Waals surface area contributed by atoms with Gasteiger partial charge in [0.1, 0.15) is 10.9 Å². The first-order valence-corrected chi connectivity index (χ1v) is 3.65. The van der Waals surface area contributed by atoms with Crippen LogP contribution in [0.25, 0.3) is 0 Å². The Morgan fingerprint density at radius 2 is 2.40 bits per heavy atom. The number of anilines is 1. The van der Waals surface area contributed by atoms with Crippen LogP contribution in [0.15, 0.2) is 0 Å². The molecule has 1 aromatic rings. The predicted molar refractivity (Wildman–Crippen MR) is 41.1 cm³/mol. The molecular formula is C6H7N3S. The topological polar surface area (TPSA) is 48.7 Å². The van der Waals surface area contributed by atoms with Crippen molar-refractivity contribution < 1.29 is 0 Å². The summed E-state index contributed by atoms with van der Waals surface area (Å²) in [5.41, 5.74) is 0.803. The maximum atomic E-state index is 8.52. The SMILES string of the molecule is CNc1nc(C)c(C#N)s1. The normalized spacial score (nSPS) is 8.90. The van der Waals surface area contributed by atoms with Gasteiger partial charge in [0.15, 0.2) is 5.13 Å². The summed E-state index contributed by atoms with van der Waals surface area (Å²) in [6.45, 7) is 1.83. The molecule has 4 heteroatoms. The van der Waals surface area contributed by atoms with Crippen molar-refractivity contribution in [3.63, 3.8) is 0 Å². The minimum atomic E-state index is 0.685. The number of nitrogens with zero attached hydrogens (tertiary/aromatic N) is 2. The monoisotopic (exact) mass is 153 g/mol. The summed E-state index contributed by atoms with van der Waals surface area (Å²) in [6, 6.07) is 2.07. The molecule has 0 fully saturated rings. The highest BCUT2D eigenvalue weighted by atomic mass is 32.1. The molecule has 0 atom stereocenters. The molecule has 0 amide bonds. The van der Waals surface area contributed by atoms with E-state index in [9.17, 15) is 0 Å². The van der Waals surface area contributed by atoms with Crippen molar-refractivity contribution in [1.82, 2.24) is 4.98 Å². The van der Waals surface area contributed by atoms with Crippen molar-refractivity contribution in [3.05, 3.63) is 10.6 Å². The summed E-state index contributed by atoms with van der Waals surface area (Å²) in [4.78, 5) is 4.77. The summed E-state index contributed by atoms with van der Waals surface area (Å²) in [5.74, 6) is 0. The number of aryl methyl sites for hydroxylation is 1. The van der Waals surface area contributed by atoms with Crippen LogP contribution < -0.4 is 5.32 Å². The Balaban J connectivity index is 3.07. The summed E-state index contributed by atoms with van der Waals surface area (Å²) in [6.07, 6.45) is 0. The van der Waals surface area contributed by atoms with Gasteiger partial charge in [0.25, 0.3) is 0 Å². The van der Waals surface area contributed by atoms with E-state index in [0.29, 0.717) is 4.88 Å². The zero-order valence-corrected chi connectivity index (χ0v) is 6.62. The van der Waals surface area contributed by atoms with Crippen molar-refractivity contribution in [2.24, 2.45) is 0 Å². The first-order chi connectivity index (χ1) is 4.77. The van der Waals surface area contributed by atoms with Gasteiger partial charge in [0, 0.05) is 7.05 Å². The Kier molecular flexibility index (Phi) is 1.88. The summed E-state index contributed by atoms with van der Waals surface area (Å²) in [7, 11) is 1.79. The molecule has 1 N–H and O–H groups in total. The van der Waals surface area contributed by atoms with E-state index in [-0.39, 0.29) is 0 Å². The largest absolute Gasteiger partial charge is 0.365 e. The van der Waals surface area contributed by atoms with Crippen molar-refractivity contribution in [2.45, 2.75) is 6.92 Å². The van der Waals surface area contributed by atoms with Gasteiger partial charge in [0.2, 0.25) is 0 Å². The van der Waals surface area contributed by atoms with Crippen LogP contribution in [0.5, 0.6) is 0 Å². The van der Waals surface area contributed by atoms with Crippen molar-refractivity contribution in [3.8, 4) is 6.07 Å². The van der Waals surface area contributed by atoms with E-state index in [4.69, 9.17) is 5.26 Å². The fourth-order valence-electron chi connectivity index (χ4n) is 0.607. The highest BCUT2D eigenvalue weighted by Crippen LogP contribution is 2.20. The zero-order valence-electron chi connectivity index (χ0n) is 5.80. The molecule has 0 saturated carbocycles. The molecule has 10 heavy (non-hydrogen) atoms. The Labute approximate surface area is 63.3 Å². The van der Waals surface area contributed by atoms with E-state index < -0.39 is 0 Å². The first kappa shape index (κ1) is 7.03. The van der Waals surface area contributed by atoms with Crippen LogP contribution in [0.1, 0.15) is 10.6 Å². The number of aromatic nitrogens is 1. The van der Waals surface area contributed by atoms with Gasteiger partial charge in [-0.25, -0.2) is 4.98 Å². The van der Waals surface area contributed by atoms with Gasteiger partial charge in [-0.2, -0.15) is 5.26 Å². The third-order valence-corrected chi connectivity index (χ3v) is 2.19. The van der Waals surface area contributed by atoms with Crippen molar-refractivity contribution in [1.29, 1.82) is 5.26 Å². The molecule has 1 aromatic heterocycles. The van der Waals surface area contributed by atoms with Gasteiger partial charge in [-0.05, 0) is 6.92 Å². The smallest absolute Gasteiger partial charge is 0.183 e. The Bertz CT molecular complexity index is 271. The third kappa shape index (κ3) is 1.09. The second-order valence-corrected chi connectivity index (χ2v) is 2.79. The highest BCUT2D eigenvalue weighted by Gasteiger charge is 2.03. The van der Waals surface area contributed by atoms with Crippen LogP contribution in [0, 0.1) is 18.3 Å². The van der Waals surface area contributed by atoms with Crippen LogP contribution >= 0.6 is 11.3 Å². The molecule has 1 heterocycles. The summed E-state index contributed by atoms with van der Waals surface area (Å²) < 4.78 is 0. The molecule has 0 aromatic carbocycles. The van der Waals surface area contributed by atoms with Crippen LogP contribution in [0.4, 0.5) is 5.13 Å². The Hall–Kier alpha value is -1.08. The van der Waals surface area contributed by atoms with E-state index in [1.807, 2.05) is 6.92 Å². The standard InChI is InChI=1S/C6H7N3S/c1-4-5(3-7)10-6(8-2)9-4/h1-2H3,(H,8,9). The highest BCUT2D eigenvalue weighted by molar-refractivity contribution is 7.16. The van der Waals surface area contributed by atoms with Crippen LogP contribution in [-0.4, -0.2) is 12.0 Å². The maximum absolute atomic E-state index is 8.52. The lowest BCUT2D eigenvalue weighted by Gasteiger charge is -1.85. The molecule has 3 nitrogen and oxygen atoms in total. The minimum absolute atomic E-state index is 0.685. The van der Waals surface area contributed by atoms with E-state index >= 15 is 0 Å². The average Bonchev–Trinajstić information content (AvgIpc) is 2.30. The summed E-state index contributed by atoms with van der Waals surface area (Å²) >= 11 is 1.38. The number of rotatable bonds is 1. The fraction of sp³-hybridized carbons (Fsp3) is 0.333. The Morgan fingerprint density at radius 3 is 2.70 bits per heavy atom. The van der Waals surface area contributed by atoms with Gasteiger partial charge in [0.05, 0.1) is 5.69 Å². The molecule has 0 unspecified atom stereocenters. The molecule has 0 aliphatic rings. The predicted octanol–water partition coefficient (Wildman–Crippen LogP) is 1.36. The molecule has 1 rings (SSSR count). The zero-order chi connectivity index (χ0) is 7.56. The molecule has 0 radical (unpaired) electrons. The molecule has 52 valence electrons. The number of hydrogen-bond acceptors (Lipinski definition) is 4. The lowest BCUT2D eigenvalue weighted by molar-refractivity contribution is 1.24. The number of nitrogens with one attached hydrogen (secondary N) is 1. The fourth-order valence-corrected chi connectivity index (χ4v) is 1.32. The lowest BCUT2D eigenvalue weighted by atomic mass is 10.4. The average molecular weight is 153 g/mol. The van der Waals surface area contributed by atoms with Crippen LogP contribution in [-0.2, 0) is 0 Å². The number of nitriles is 1. The molecular weight excluding hydrogens is 146 g/mol. The van der Waals surface area contributed by atoms with Crippen LogP contribution in [0.2, 0.25) is 0 Å². The van der Waals surface area contributed by atoms with Crippen molar-refractivity contribution >= 4 is 16.5 Å². The second-order valence-electron chi connectivity index (χ2n) is 1.80. The van der Waals surface area contributed by atoms with Gasteiger partial charge >= 0.3 is 0 Å². The van der Waals surface area contributed by atoms with Gasteiger partial charge in [-0.1, -0.05) is 11.3 Å². The Morgan fingerprint density at radius 1 is 1.70 bits per heavy atom. The van der Waals surface area contributed by atoms with E-state index in [1.165, 1.54) is 11.3 Å². The molecule has 0 bridgehead atoms. The number of hydrogen-bond donors (Lipinski definition) is 1. The van der Waals surface area contributed by atoms with E-state index in [2.05, 4.69) is 16.4 Å². The molecule has 0 spiro atoms. The quantitative estimate of drug-likeness (QED) is 0.662. The summed E-state index contributed by atoms with van der Waals surface area (Å²) in [5, 5.41) is 12.2. The van der Waals surface area contributed by atoms with E-state index in [0.717, 1.165) is 10.8 Å². The minimum Gasteiger partial charge on any atom is -0.365 e. The third-order valence-electron chi connectivity index (χ3n) is 1.11. The van der Waals surface area contributed by atoms with E-state index in [1.54, 1.807) is 7.05 Å². The second kappa shape index (κ2) is 2.67. The number of thiazole rings is 1. The first-order valence-electron chi connectivity index (χ1n) is 2.83. The van der Waals surface area contributed by atoms with Gasteiger partial charge in [-0.3, -0.25) is 0 Å². The van der Waals surface area contributed by atoms with Gasteiger partial charge in [-0.15, -0.1) is 0 Å². The lowest BCUT2D eigenvalue weighted by Crippen LogP contribution is -1.84. The molecule has 0 aliphatic heterocycles. The molecule has 0 saturated heterocycles. The van der Waals surface area contributed by atoms with Crippen molar-refractivity contribution in [2.75, 3.05) is 12.4 Å². The van der Waals surface area contributed by atoms with Crippen LogP contribution in [0.3, 0.4) is 0 Å². The maximum Gasteiger partial charge on any atom is 0.183 e.